The van der Waals surface area contributed by atoms with Gasteiger partial charge >= 0.3 is 0 Å². The van der Waals surface area contributed by atoms with Gasteiger partial charge in [-0.2, -0.15) is 4.98 Å². The Morgan fingerprint density at radius 1 is 1.35 bits per heavy atom. The summed E-state index contributed by atoms with van der Waals surface area (Å²) in [6.45, 7) is 1.97. The van der Waals surface area contributed by atoms with E-state index in [9.17, 15) is 0 Å². The Hall–Kier alpha value is -1.68. The number of aryl methyl sites for hydroxylation is 1. The van der Waals surface area contributed by atoms with E-state index in [1.807, 2.05) is 31.2 Å². The molecule has 2 N–H and O–H groups in total. The molecule has 1 aliphatic rings. The molecule has 4 nitrogen and oxygen atoms in total. The van der Waals surface area contributed by atoms with Gasteiger partial charge in [0.2, 0.25) is 11.7 Å². The highest BCUT2D eigenvalue weighted by Crippen LogP contribution is 2.31. The molecule has 106 valence electrons. The fourth-order valence-corrected chi connectivity index (χ4v) is 2.67. The lowest BCUT2D eigenvalue weighted by Gasteiger charge is -2.24. The van der Waals surface area contributed by atoms with Crippen molar-refractivity contribution in [3.8, 4) is 11.4 Å². The average Bonchev–Trinajstić information content (AvgIpc) is 2.85. The van der Waals surface area contributed by atoms with Crippen molar-refractivity contribution in [2.75, 3.05) is 0 Å². The van der Waals surface area contributed by atoms with Crippen LogP contribution in [0, 0.1) is 5.92 Å². The second-order valence-electron chi connectivity index (χ2n) is 5.72. The van der Waals surface area contributed by atoms with Crippen molar-refractivity contribution in [2.45, 2.75) is 45.1 Å². The smallest absolute Gasteiger partial charge is 0.226 e. The van der Waals surface area contributed by atoms with E-state index in [0.717, 1.165) is 35.8 Å². The molecule has 0 spiro atoms. The van der Waals surface area contributed by atoms with Gasteiger partial charge in [-0.25, -0.2) is 0 Å². The number of hydrogen-bond donors (Lipinski definition) is 1. The first-order valence-corrected chi connectivity index (χ1v) is 7.41. The highest BCUT2D eigenvalue weighted by atomic mass is 16.5. The zero-order valence-corrected chi connectivity index (χ0v) is 11.9. The van der Waals surface area contributed by atoms with Gasteiger partial charge in [-0.1, -0.05) is 48.7 Å². The normalized spacial score (nSPS) is 16.9. The van der Waals surface area contributed by atoms with Gasteiger partial charge in [-0.05, 0) is 24.8 Å². The molecule has 0 amide bonds. The van der Waals surface area contributed by atoms with Crippen molar-refractivity contribution >= 4 is 0 Å². The van der Waals surface area contributed by atoms with Crippen LogP contribution in [0.3, 0.4) is 0 Å². The molecule has 1 heterocycles. The number of hydrogen-bond acceptors (Lipinski definition) is 4. The number of aromatic nitrogens is 2. The Labute approximate surface area is 119 Å². The number of rotatable bonds is 5. The molecule has 0 bridgehead atoms. The van der Waals surface area contributed by atoms with Gasteiger partial charge in [-0.15, -0.1) is 0 Å². The summed E-state index contributed by atoms with van der Waals surface area (Å²) < 4.78 is 5.37. The summed E-state index contributed by atoms with van der Waals surface area (Å²) in [5.74, 6) is 2.26. The van der Waals surface area contributed by atoms with Crippen LogP contribution in [0.4, 0.5) is 0 Å². The maximum atomic E-state index is 6.00. The molecular weight excluding hydrogens is 250 g/mol. The fourth-order valence-electron chi connectivity index (χ4n) is 2.67. The summed E-state index contributed by atoms with van der Waals surface area (Å²) >= 11 is 0. The Morgan fingerprint density at radius 3 is 2.85 bits per heavy atom. The first-order chi connectivity index (χ1) is 9.74. The summed E-state index contributed by atoms with van der Waals surface area (Å²) in [5, 5.41) is 4.11. The molecular formula is C16H21N3O. The Balaban J connectivity index is 1.75. The second kappa shape index (κ2) is 5.75. The third kappa shape index (κ3) is 2.75. The molecule has 1 atom stereocenters. The van der Waals surface area contributed by atoms with Crippen LogP contribution in [0.25, 0.3) is 11.4 Å². The molecule has 20 heavy (non-hydrogen) atoms. The first-order valence-electron chi connectivity index (χ1n) is 7.41. The molecule has 1 aromatic heterocycles. The quantitative estimate of drug-likeness (QED) is 0.904. The second-order valence-corrected chi connectivity index (χ2v) is 5.72. The van der Waals surface area contributed by atoms with Crippen LogP contribution in [-0.2, 0) is 6.42 Å². The van der Waals surface area contributed by atoms with Gasteiger partial charge in [0, 0.05) is 18.0 Å². The number of nitrogens with zero attached hydrogens (tertiary/aromatic N) is 2. The first kappa shape index (κ1) is 13.3. The lowest BCUT2D eigenvalue weighted by Crippen LogP contribution is -2.11. The summed E-state index contributed by atoms with van der Waals surface area (Å²) in [7, 11) is 0. The van der Waals surface area contributed by atoms with E-state index in [2.05, 4.69) is 10.1 Å². The maximum Gasteiger partial charge on any atom is 0.226 e. The van der Waals surface area contributed by atoms with Crippen molar-refractivity contribution in [1.29, 1.82) is 0 Å². The van der Waals surface area contributed by atoms with Gasteiger partial charge in [0.25, 0.3) is 0 Å². The summed E-state index contributed by atoms with van der Waals surface area (Å²) in [5.41, 5.74) is 8.02. The predicted octanol–water partition coefficient (Wildman–Crippen LogP) is 3.49. The molecule has 0 aliphatic heterocycles. The van der Waals surface area contributed by atoms with E-state index in [-0.39, 0.29) is 6.04 Å². The topological polar surface area (TPSA) is 64.9 Å². The van der Waals surface area contributed by atoms with Crippen LogP contribution >= 0.6 is 0 Å². The summed E-state index contributed by atoms with van der Waals surface area (Å²) in [6, 6.07) is 7.94. The molecule has 1 aliphatic carbocycles. The van der Waals surface area contributed by atoms with E-state index >= 15 is 0 Å². The van der Waals surface area contributed by atoms with Crippen molar-refractivity contribution in [1.82, 2.24) is 10.1 Å². The van der Waals surface area contributed by atoms with E-state index < -0.39 is 0 Å². The van der Waals surface area contributed by atoms with E-state index in [1.165, 1.54) is 19.3 Å². The zero-order chi connectivity index (χ0) is 13.9. The lowest BCUT2D eigenvalue weighted by atomic mass is 9.82. The highest BCUT2D eigenvalue weighted by molar-refractivity contribution is 5.60. The minimum absolute atomic E-state index is 0.0388. The fraction of sp³-hybridized carbons (Fsp3) is 0.500. The maximum absolute atomic E-state index is 6.00. The van der Waals surface area contributed by atoms with Crippen LogP contribution in [0.2, 0.25) is 0 Å². The van der Waals surface area contributed by atoms with E-state index in [4.69, 9.17) is 10.3 Å². The van der Waals surface area contributed by atoms with Gasteiger partial charge < -0.3 is 10.3 Å². The zero-order valence-electron chi connectivity index (χ0n) is 11.9. The monoisotopic (exact) mass is 271 g/mol. The van der Waals surface area contributed by atoms with Gasteiger partial charge in [0.15, 0.2) is 0 Å². The van der Waals surface area contributed by atoms with Gasteiger partial charge in [0.1, 0.15) is 0 Å². The Morgan fingerprint density at radius 2 is 2.15 bits per heavy atom. The summed E-state index contributed by atoms with van der Waals surface area (Å²) in [4.78, 5) is 4.52. The standard InChI is InChI=1S/C16H21N3O/c1-11(17)13-7-2-3-8-14(13)16-18-15(20-19-16)10-9-12-5-4-6-12/h2-3,7-8,11-12H,4-6,9-10,17H2,1H3. The highest BCUT2D eigenvalue weighted by Gasteiger charge is 2.19. The minimum atomic E-state index is -0.0388. The SMILES string of the molecule is CC(N)c1ccccc1-c1noc(CCC2CCC2)n1. The van der Waals surface area contributed by atoms with Crippen LogP contribution < -0.4 is 5.73 Å². The lowest BCUT2D eigenvalue weighted by molar-refractivity contribution is 0.280. The molecule has 1 saturated carbocycles. The third-order valence-electron chi connectivity index (χ3n) is 4.15. The van der Waals surface area contributed by atoms with Crippen molar-refractivity contribution in [2.24, 2.45) is 11.7 Å². The Bertz CT molecular complexity index is 573. The van der Waals surface area contributed by atoms with Crippen molar-refractivity contribution in [3.05, 3.63) is 35.7 Å². The molecule has 3 rings (SSSR count). The van der Waals surface area contributed by atoms with Crippen molar-refractivity contribution < 1.29 is 4.52 Å². The molecule has 4 heteroatoms. The van der Waals surface area contributed by atoms with E-state index in [0.29, 0.717) is 5.82 Å². The largest absolute Gasteiger partial charge is 0.339 e. The van der Waals surface area contributed by atoms with Gasteiger partial charge in [-0.3, -0.25) is 0 Å². The number of benzene rings is 1. The average molecular weight is 271 g/mol. The number of nitrogens with two attached hydrogens (primary N) is 1. The van der Waals surface area contributed by atoms with Crippen LogP contribution in [0.15, 0.2) is 28.8 Å². The minimum Gasteiger partial charge on any atom is -0.339 e. The van der Waals surface area contributed by atoms with E-state index in [1.54, 1.807) is 0 Å². The van der Waals surface area contributed by atoms with Crippen LogP contribution in [0.5, 0.6) is 0 Å². The molecule has 1 unspecified atom stereocenters. The molecule has 1 fully saturated rings. The van der Waals surface area contributed by atoms with Gasteiger partial charge in [0.05, 0.1) is 0 Å². The molecule has 2 aromatic rings. The Kier molecular flexibility index (Phi) is 3.83. The van der Waals surface area contributed by atoms with Crippen LogP contribution in [-0.4, -0.2) is 10.1 Å². The van der Waals surface area contributed by atoms with Crippen LogP contribution in [0.1, 0.15) is 50.1 Å². The summed E-state index contributed by atoms with van der Waals surface area (Å²) in [6.07, 6.45) is 6.14. The molecule has 0 saturated heterocycles. The third-order valence-corrected chi connectivity index (χ3v) is 4.15. The molecule has 0 radical (unpaired) electrons. The van der Waals surface area contributed by atoms with Crippen molar-refractivity contribution in [3.63, 3.8) is 0 Å². The predicted molar refractivity (Wildman–Crippen MR) is 78.0 cm³/mol. The molecule has 1 aromatic carbocycles.